The first-order chi connectivity index (χ1) is 13.3. The molecule has 2 aromatic rings. The number of rotatable bonds is 9. The number of hydrogen-bond acceptors (Lipinski definition) is 4. The molecule has 0 radical (unpaired) electrons. The lowest BCUT2D eigenvalue weighted by Gasteiger charge is -2.27. The molecule has 28 heavy (non-hydrogen) atoms. The maximum atomic E-state index is 12.5. The van der Waals surface area contributed by atoms with Crippen molar-refractivity contribution < 1.29 is 13.2 Å². The highest BCUT2D eigenvalue weighted by molar-refractivity contribution is 7.92. The zero-order valence-electron chi connectivity index (χ0n) is 16.9. The van der Waals surface area contributed by atoms with Crippen LogP contribution in [0.4, 0.5) is 17.1 Å². The molecule has 0 atom stereocenters. The van der Waals surface area contributed by atoms with Crippen molar-refractivity contribution in [3.63, 3.8) is 0 Å². The number of sulfonamides is 1. The molecule has 1 amide bonds. The quantitative estimate of drug-likeness (QED) is 0.653. The second-order valence-corrected chi connectivity index (χ2v) is 8.72. The number of nitrogens with one attached hydrogen (secondary N) is 2. The minimum atomic E-state index is -3.40. The summed E-state index contributed by atoms with van der Waals surface area (Å²) in [6, 6.07) is 14.6. The minimum absolute atomic E-state index is 0.0426. The standard InChI is InChI=1S/C21H29N3O3S/c1-5-14-28(26,27)23-19-9-7-8-17(15-19)21(25)22-18-10-12-20(13-11-18)24(6-2)16(3)4/h7-13,15-16,23H,5-6,14H2,1-4H3,(H,22,25). The van der Waals surface area contributed by atoms with Crippen molar-refractivity contribution in [1.29, 1.82) is 0 Å². The Labute approximate surface area is 168 Å². The molecule has 0 aromatic heterocycles. The molecule has 0 heterocycles. The largest absolute Gasteiger partial charge is 0.369 e. The van der Waals surface area contributed by atoms with Gasteiger partial charge in [0.15, 0.2) is 0 Å². The summed E-state index contributed by atoms with van der Waals surface area (Å²) in [6.07, 6.45) is 0.526. The molecule has 2 rings (SSSR count). The van der Waals surface area contributed by atoms with E-state index in [-0.39, 0.29) is 11.7 Å². The molecule has 0 bridgehead atoms. The first kappa shape index (κ1) is 21.8. The lowest BCUT2D eigenvalue weighted by molar-refractivity contribution is 0.102. The van der Waals surface area contributed by atoms with Crippen molar-refractivity contribution in [3.8, 4) is 0 Å². The van der Waals surface area contributed by atoms with Gasteiger partial charge in [-0.25, -0.2) is 8.42 Å². The monoisotopic (exact) mass is 403 g/mol. The van der Waals surface area contributed by atoms with Gasteiger partial charge in [-0.2, -0.15) is 0 Å². The lowest BCUT2D eigenvalue weighted by atomic mass is 10.1. The third-order valence-electron chi connectivity index (χ3n) is 4.29. The van der Waals surface area contributed by atoms with Gasteiger partial charge in [-0.05, 0) is 69.7 Å². The van der Waals surface area contributed by atoms with Crippen molar-refractivity contribution >= 4 is 33.0 Å². The fraction of sp³-hybridized carbons (Fsp3) is 0.381. The number of anilines is 3. The van der Waals surface area contributed by atoms with Crippen LogP contribution in [0.5, 0.6) is 0 Å². The van der Waals surface area contributed by atoms with Crippen LogP contribution in [0, 0.1) is 0 Å². The Morgan fingerprint density at radius 2 is 1.71 bits per heavy atom. The van der Waals surface area contributed by atoms with Crippen molar-refractivity contribution in [2.24, 2.45) is 0 Å². The number of amides is 1. The molecule has 0 saturated carbocycles. The number of hydrogen-bond donors (Lipinski definition) is 2. The van der Waals surface area contributed by atoms with E-state index in [4.69, 9.17) is 0 Å². The van der Waals surface area contributed by atoms with E-state index in [2.05, 4.69) is 35.7 Å². The number of benzene rings is 2. The fourth-order valence-corrected chi connectivity index (χ4v) is 4.13. The van der Waals surface area contributed by atoms with Crippen LogP contribution in [0.2, 0.25) is 0 Å². The van der Waals surface area contributed by atoms with Crippen LogP contribution in [0.25, 0.3) is 0 Å². The summed E-state index contributed by atoms with van der Waals surface area (Å²) in [5.41, 5.74) is 2.55. The molecule has 0 aliphatic rings. The van der Waals surface area contributed by atoms with E-state index in [1.54, 1.807) is 25.1 Å². The van der Waals surface area contributed by atoms with Crippen LogP contribution in [0.3, 0.4) is 0 Å². The van der Waals surface area contributed by atoms with Crippen molar-refractivity contribution in [3.05, 3.63) is 54.1 Å². The molecular weight excluding hydrogens is 374 g/mol. The molecule has 0 aliphatic heterocycles. The maximum Gasteiger partial charge on any atom is 0.255 e. The molecule has 2 N–H and O–H groups in total. The Kier molecular flexibility index (Phi) is 7.45. The molecule has 0 aliphatic carbocycles. The molecule has 6 nitrogen and oxygen atoms in total. The Bertz CT molecular complexity index is 893. The van der Waals surface area contributed by atoms with E-state index in [0.29, 0.717) is 29.4 Å². The summed E-state index contributed by atoms with van der Waals surface area (Å²) >= 11 is 0. The third-order valence-corrected chi connectivity index (χ3v) is 5.78. The van der Waals surface area contributed by atoms with Crippen LogP contribution < -0.4 is 14.9 Å². The Morgan fingerprint density at radius 3 is 2.29 bits per heavy atom. The first-order valence-corrected chi connectivity index (χ1v) is 11.2. The molecular formula is C21H29N3O3S. The van der Waals surface area contributed by atoms with Crippen LogP contribution in [0.15, 0.2) is 48.5 Å². The first-order valence-electron chi connectivity index (χ1n) is 9.54. The van der Waals surface area contributed by atoms with Crippen molar-refractivity contribution in [2.75, 3.05) is 27.2 Å². The Balaban J connectivity index is 2.10. The van der Waals surface area contributed by atoms with Gasteiger partial charge in [-0.15, -0.1) is 0 Å². The summed E-state index contributed by atoms with van der Waals surface area (Å²) in [7, 11) is -3.40. The van der Waals surface area contributed by atoms with Gasteiger partial charge in [0.2, 0.25) is 10.0 Å². The highest BCUT2D eigenvalue weighted by atomic mass is 32.2. The fourth-order valence-electron chi connectivity index (χ4n) is 3.01. The van der Waals surface area contributed by atoms with Crippen molar-refractivity contribution in [2.45, 2.75) is 40.2 Å². The van der Waals surface area contributed by atoms with E-state index in [0.717, 1.165) is 12.2 Å². The molecule has 0 unspecified atom stereocenters. The second kappa shape index (κ2) is 9.59. The summed E-state index contributed by atoms with van der Waals surface area (Å²) in [6.45, 7) is 9.10. The van der Waals surface area contributed by atoms with E-state index in [9.17, 15) is 13.2 Å². The van der Waals surface area contributed by atoms with Gasteiger partial charge in [-0.1, -0.05) is 13.0 Å². The normalized spacial score (nSPS) is 11.3. The zero-order valence-corrected chi connectivity index (χ0v) is 17.7. The topological polar surface area (TPSA) is 78.5 Å². The average molecular weight is 404 g/mol. The van der Waals surface area contributed by atoms with Gasteiger partial charge in [0.05, 0.1) is 5.75 Å². The van der Waals surface area contributed by atoms with E-state index in [1.165, 1.54) is 6.07 Å². The lowest BCUT2D eigenvalue weighted by Crippen LogP contribution is -2.30. The van der Waals surface area contributed by atoms with Gasteiger partial charge in [0.25, 0.3) is 5.91 Å². The molecule has 7 heteroatoms. The molecule has 0 fully saturated rings. The molecule has 152 valence electrons. The molecule has 2 aromatic carbocycles. The van der Waals surface area contributed by atoms with Gasteiger partial charge < -0.3 is 10.2 Å². The summed E-state index contributed by atoms with van der Waals surface area (Å²) in [5, 5.41) is 2.85. The Morgan fingerprint density at radius 1 is 1.04 bits per heavy atom. The van der Waals surface area contributed by atoms with Crippen LogP contribution >= 0.6 is 0 Å². The predicted octanol–water partition coefficient (Wildman–Crippen LogP) is 4.33. The summed E-state index contributed by atoms with van der Waals surface area (Å²) < 4.78 is 26.3. The number of carbonyl (C=O) groups excluding carboxylic acids is 1. The van der Waals surface area contributed by atoms with E-state index < -0.39 is 10.0 Å². The predicted molar refractivity (Wildman–Crippen MR) is 117 cm³/mol. The van der Waals surface area contributed by atoms with Gasteiger partial charge in [0.1, 0.15) is 0 Å². The molecule has 0 spiro atoms. The average Bonchev–Trinajstić information content (AvgIpc) is 2.63. The summed E-state index contributed by atoms with van der Waals surface area (Å²) in [4.78, 5) is 14.8. The van der Waals surface area contributed by atoms with Gasteiger partial charge in [0, 0.05) is 35.2 Å². The minimum Gasteiger partial charge on any atom is -0.369 e. The highest BCUT2D eigenvalue weighted by Gasteiger charge is 2.12. The van der Waals surface area contributed by atoms with Crippen LogP contribution in [-0.2, 0) is 10.0 Å². The smallest absolute Gasteiger partial charge is 0.255 e. The van der Waals surface area contributed by atoms with E-state index in [1.807, 2.05) is 24.3 Å². The maximum absolute atomic E-state index is 12.5. The van der Waals surface area contributed by atoms with Gasteiger partial charge in [-0.3, -0.25) is 9.52 Å². The second-order valence-electron chi connectivity index (χ2n) is 6.88. The van der Waals surface area contributed by atoms with Crippen LogP contribution in [0.1, 0.15) is 44.5 Å². The zero-order chi connectivity index (χ0) is 20.7. The highest BCUT2D eigenvalue weighted by Crippen LogP contribution is 2.21. The summed E-state index contributed by atoms with van der Waals surface area (Å²) in [5.74, 6) is -0.249. The van der Waals surface area contributed by atoms with Gasteiger partial charge >= 0.3 is 0 Å². The Hall–Kier alpha value is -2.54. The van der Waals surface area contributed by atoms with E-state index >= 15 is 0 Å². The number of nitrogens with zero attached hydrogens (tertiary/aromatic N) is 1. The van der Waals surface area contributed by atoms with Crippen molar-refractivity contribution in [1.82, 2.24) is 0 Å². The van der Waals surface area contributed by atoms with Crippen LogP contribution in [-0.4, -0.2) is 32.7 Å². The third kappa shape index (κ3) is 5.99. The number of carbonyl (C=O) groups is 1. The molecule has 0 saturated heterocycles. The SMILES string of the molecule is CCCS(=O)(=O)Nc1cccc(C(=O)Nc2ccc(N(CC)C(C)C)cc2)c1.